The van der Waals surface area contributed by atoms with Gasteiger partial charge in [-0.1, -0.05) is 0 Å². The largest absolute Gasteiger partial charge is 0.481 e. The predicted molar refractivity (Wildman–Crippen MR) is 62.6 cm³/mol. The SMILES string of the molecule is CC1(C(=O)O)COCC1NS(=O)(=O)CCCC(F)(F)F. The molecule has 2 N–H and O–H groups in total. The van der Waals surface area contributed by atoms with Crippen LogP contribution in [0.1, 0.15) is 19.8 Å². The van der Waals surface area contributed by atoms with Crippen molar-refractivity contribution < 1.29 is 36.2 Å². The molecule has 2 unspecified atom stereocenters. The van der Waals surface area contributed by atoms with Crippen molar-refractivity contribution in [3.8, 4) is 0 Å². The van der Waals surface area contributed by atoms with E-state index in [1.165, 1.54) is 6.92 Å². The topological polar surface area (TPSA) is 92.7 Å². The molecule has 0 amide bonds. The van der Waals surface area contributed by atoms with Crippen LogP contribution in [0.25, 0.3) is 0 Å². The maximum atomic E-state index is 12.0. The Morgan fingerprint density at radius 3 is 2.60 bits per heavy atom. The van der Waals surface area contributed by atoms with E-state index in [1.54, 1.807) is 0 Å². The lowest BCUT2D eigenvalue weighted by Gasteiger charge is -2.25. The number of alkyl halides is 3. The minimum atomic E-state index is -4.42. The van der Waals surface area contributed by atoms with Crippen LogP contribution < -0.4 is 4.72 Å². The van der Waals surface area contributed by atoms with E-state index in [4.69, 9.17) is 9.84 Å². The minimum Gasteiger partial charge on any atom is -0.481 e. The molecule has 118 valence electrons. The number of nitrogens with one attached hydrogen (secondary N) is 1. The van der Waals surface area contributed by atoms with Gasteiger partial charge in [0.1, 0.15) is 5.41 Å². The molecule has 1 fully saturated rings. The molecule has 20 heavy (non-hydrogen) atoms. The number of rotatable bonds is 6. The third-order valence-electron chi connectivity index (χ3n) is 3.14. The molecule has 0 aromatic rings. The molecule has 0 aromatic carbocycles. The molecule has 0 radical (unpaired) electrons. The Morgan fingerprint density at radius 2 is 2.10 bits per heavy atom. The quantitative estimate of drug-likeness (QED) is 0.753. The van der Waals surface area contributed by atoms with Gasteiger partial charge in [-0.05, 0) is 13.3 Å². The summed E-state index contributed by atoms with van der Waals surface area (Å²) in [5.74, 6) is -1.93. The third kappa shape index (κ3) is 4.60. The van der Waals surface area contributed by atoms with E-state index >= 15 is 0 Å². The van der Waals surface area contributed by atoms with Crippen molar-refractivity contribution >= 4 is 16.0 Å². The van der Waals surface area contributed by atoms with Gasteiger partial charge < -0.3 is 9.84 Å². The highest BCUT2D eigenvalue weighted by Gasteiger charge is 2.48. The molecule has 6 nitrogen and oxygen atoms in total. The Labute approximate surface area is 114 Å². The maximum Gasteiger partial charge on any atom is 0.389 e. The van der Waals surface area contributed by atoms with Crippen LogP contribution in [0, 0.1) is 5.41 Å². The summed E-state index contributed by atoms with van der Waals surface area (Å²) in [7, 11) is -3.99. The minimum absolute atomic E-state index is 0.124. The van der Waals surface area contributed by atoms with Crippen molar-refractivity contribution in [3.05, 3.63) is 0 Å². The maximum absolute atomic E-state index is 12.0. The molecule has 2 atom stereocenters. The molecule has 1 rings (SSSR count). The normalized spacial score (nSPS) is 27.7. The molecule has 1 aliphatic heterocycles. The summed E-state index contributed by atoms with van der Waals surface area (Å²) in [4.78, 5) is 11.1. The summed E-state index contributed by atoms with van der Waals surface area (Å²) in [6.07, 6.45) is -6.19. The van der Waals surface area contributed by atoms with E-state index in [2.05, 4.69) is 4.72 Å². The number of halogens is 3. The zero-order valence-corrected chi connectivity index (χ0v) is 11.6. The molecular weight excluding hydrogens is 303 g/mol. The van der Waals surface area contributed by atoms with E-state index in [1.807, 2.05) is 0 Å². The van der Waals surface area contributed by atoms with Crippen molar-refractivity contribution in [1.82, 2.24) is 4.72 Å². The molecule has 10 heteroatoms. The second-order valence-corrected chi connectivity index (χ2v) is 6.82. The first-order valence-corrected chi connectivity index (χ1v) is 7.49. The van der Waals surface area contributed by atoms with Crippen LogP contribution in [0.5, 0.6) is 0 Å². The Kier molecular flexibility index (Phi) is 5.03. The van der Waals surface area contributed by atoms with E-state index < -0.39 is 52.2 Å². The number of aliphatic carboxylic acids is 1. The average Bonchev–Trinajstić information content (AvgIpc) is 2.58. The van der Waals surface area contributed by atoms with Crippen molar-refractivity contribution in [3.63, 3.8) is 0 Å². The van der Waals surface area contributed by atoms with Crippen molar-refractivity contribution in [2.24, 2.45) is 5.41 Å². The summed E-state index contributed by atoms with van der Waals surface area (Å²) < 4.78 is 66.2. The molecule has 0 spiro atoms. The second-order valence-electron chi connectivity index (χ2n) is 4.95. The highest BCUT2D eigenvalue weighted by molar-refractivity contribution is 7.89. The molecular formula is C10H16F3NO5S. The fourth-order valence-electron chi connectivity index (χ4n) is 1.79. The molecule has 1 aliphatic rings. The Balaban J connectivity index is 2.60. The lowest BCUT2D eigenvalue weighted by molar-refractivity contribution is -0.148. The number of carbonyl (C=O) groups is 1. The van der Waals surface area contributed by atoms with E-state index in [-0.39, 0.29) is 13.2 Å². The summed E-state index contributed by atoms with van der Waals surface area (Å²) in [5, 5.41) is 9.06. The van der Waals surface area contributed by atoms with Crippen LogP contribution in [0.3, 0.4) is 0 Å². The van der Waals surface area contributed by atoms with Crippen LogP contribution in [0.2, 0.25) is 0 Å². The van der Waals surface area contributed by atoms with Crippen molar-refractivity contribution in [2.75, 3.05) is 19.0 Å². The number of hydrogen-bond donors (Lipinski definition) is 2. The molecule has 0 saturated carbocycles. The number of sulfonamides is 1. The van der Waals surface area contributed by atoms with E-state index in [9.17, 15) is 26.4 Å². The summed E-state index contributed by atoms with van der Waals surface area (Å²) >= 11 is 0. The zero-order valence-electron chi connectivity index (χ0n) is 10.7. The first-order valence-electron chi connectivity index (χ1n) is 5.84. The van der Waals surface area contributed by atoms with Gasteiger partial charge in [-0.2, -0.15) is 13.2 Å². The summed E-state index contributed by atoms with van der Waals surface area (Å²) in [6, 6.07) is -0.990. The number of hydrogen-bond acceptors (Lipinski definition) is 4. The molecule has 0 aliphatic carbocycles. The second kappa shape index (κ2) is 5.86. The van der Waals surface area contributed by atoms with Gasteiger partial charge in [-0.25, -0.2) is 13.1 Å². The molecule has 0 bridgehead atoms. The number of carboxylic acids is 1. The number of ether oxygens (including phenoxy) is 1. The van der Waals surface area contributed by atoms with Crippen LogP contribution in [-0.2, 0) is 19.6 Å². The first kappa shape index (κ1) is 17.2. The van der Waals surface area contributed by atoms with Gasteiger partial charge in [0.05, 0.1) is 25.0 Å². The summed E-state index contributed by atoms with van der Waals surface area (Å²) in [6.45, 7) is 1.05. The van der Waals surface area contributed by atoms with Gasteiger partial charge in [0.25, 0.3) is 0 Å². The Hall–Kier alpha value is -0.870. The van der Waals surface area contributed by atoms with Gasteiger partial charge in [0.15, 0.2) is 0 Å². The summed E-state index contributed by atoms with van der Waals surface area (Å²) in [5.41, 5.74) is -1.42. The highest BCUT2D eigenvalue weighted by atomic mass is 32.2. The molecule has 0 aromatic heterocycles. The monoisotopic (exact) mass is 319 g/mol. The van der Waals surface area contributed by atoms with Crippen molar-refractivity contribution in [1.29, 1.82) is 0 Å². The third-order valence-corrected chi connectivity index (χ3v) is 4.61. The zero-order chi connectivity index (χ0) is 15.6. The van der Waals surface area contributed by atoms with E-state index in [0.717, 1.165) is 0 Å². The van der Waals surface area contributed by atoms with Gasteiger partial charge in [0, 0.05) is 6.42 Å². The van der Waals surface area contributed by atoms with Gasteiger partial charge in [0.2, 0.25) is 10.0 Å². The first-order chi connectivity index (χ1) is 8.96. The average molecular weight is 319 g/mol. The van der Waals surface area contributed by atoms with Crippen LogP contribution in [0.4, 0.5) is 13.2 Å². The van der Waals surface area contributed by atoms with Gasteiger partial charge in [-0.3, -0.25) is 4.79 Å². The van der Waals surface area contributed by atoms with Crippen LogP contribution in [-0.4, -0.2) is 50.7 Å². The van der Waals surface area contributed by atoms with Crippen LogP contribution >= 0.6 is 0 Å². The smallest absolute Gasteiger partial charge is 0.389 e. The van der Waals surface area contributed by atoms with Crippen LogP contribution in [0.15, 0.2) is 0 Å². The standard InChI is InChI=1S/C10H16F3NO5S/c1-9(8(15)16)6-19-5-7(9)14-20(17,18)4-2-3-10(11,12)13/h7,14H,2-6H2,1H3,(H,15,16). The Morgan fingerprint density at radius 1 is 1.50 bits per heavy atom. The molecule has 1 heterocycles. The lowest BCUT2D eigenvalue weighted by atomic mass is 9.86. The fraction of sp³-hybridized carbons (Fsp3) is 0.900. The lowest BCUT2D eigenvalue weighted by Crippen LogP contribution is -2.50. The van der Waals surface area contributed by atoms with E-state index in [0.29, 0.717) is 0 Å². The highest BCUT2D eigenvalue weighted by Crippen LogP contribution is 2.29. The predicted octanol–water partition coefficient (Wildman–Crippen LogP) is 0.738. The fourth-order valence-corrected chi connectivity index (χ4v) is 3.19. The van der Waals surface area contributed by atoms with Crippen molar-refractivity contribution in [2.45, 2.75) is 32.0 Å². The molecule has 1 saturated heterocycles. The Bertz CT molecular complexity index is 464. The van der Waals surface area contributed by atoms with Gasteiger partial charge in [-0.15, -0.1) is 0 Å². The number of carboxylic acid groups (broad SMARTS) is 1. The van der Waals surface area contributed by atoms with Gasteiger partial charge >= 0.3 is 12.1 Å².